The minimum Gasteiger partial charge on any atom is -0.468 e. The summed E-state index contributed by atoms with van der Waals surface area (Å²) in [4.78, 5) is 6.90. The predicted molar refractivity (Wildman–Crippen MR) is 107 cm³/mol. The van der Waals surface area contributed by atoms with Crippen LogP contribution in [0.3, 0.4) is 0 Å². The number of aliphatic imine (C=N–C) groups is 1. The SMILES string of the molecule is Br.NC(=NCc1ccccc1)NCC(c1ccco1)N1CCCCC1. The maximum Gasteiger partial charge on any atom is 0.188 e. The van der Waals surface area contributed by atoms with E-state index in [4.69, 9.17) is 10.2 Å². The van der Waals surface area contributed by atoms with Gasteiger partial charge in [0.1, 0.15) is 5.76 Å². The zero-order valence-corrected chi connectivity index (χ0v) is 16.1. The van der Waals surface area contributed by atoms with Crippen LogP contribution >= 0.6 is 17.0 Å². The van der Waals surface area contributed by atoms with Crippen LogP contribution in [0.2, 0.25) is 0 Å². The number of likely N-dealkylation sites (tertiary alicyclic amines) is 1. The van der Waals surface area contributed by atoms with Crippen molar-refractivity contribution in [1.82, 2.24) is 10.2 Å². The highest BCUT2D eigenvalue weighted by Gasteiger charge is 2.24. The summed E-state index contributed by atoms with van der Waals surface area (Å²) < 4.78 is 5.65. The summed E-state index contributed by atoms with van der Waals surface area (Å²) in [5, 5.41) is 3.26. The van der Waals surface area contributed by atoms with Gasteiger partial charge in [-0.3, -0.25) is 4.90 Å². The van der Waals surface area contributed by atoms with Crippen molar-refractivity contribution in [2.45, 2.75) is 31.8 Å². The van der Waals surface area contributed by atoms with E-state index in [-0.39, 0.29) is 23.0 Å². The third-order valence-electron chi connectivity index (χ3n) is 4.45. The molecule has 1 aliphatic heterocycles. The van der Waals surface area contributed by atoms with Gasteiger partial charge < -0.3 is 15.5 Å². The van der Waals surface area contributed by atoms with E-state index >= 15 is 0 Å². The highest BCUT2D eigenvalue weighted by Crippen LogP contribution is 2.24. The second-order valence-corrected chi connectivity index (χ2v) is 6.20. The number of furan rings is 1. The third-order valence-corrected chi connectivity index (χ3v) is 4.45. The lowest BCUT2D eigenvalue weighted by atomic mass is 10.1. The molecule has 0 spiro atoms. The van der Waals surface area contributed by atoms with Crippen LogP contribution in [-0.4, -0.2) is 30.5 Å². The van der Waals surface area contributed by atoms with Crippen molar-refractivity contribution in [1.29, 1.82) is 0 Å². The average molecular weight is 407 g/mol. The number of hydrogen-bond donors (Lipinski definition) is 2. The quantitative estimate of drug-likeness (QED) is 0.568. The number of piperidine rings is 1. The Hall–Kier alpha value is -1.79. The molecule has 1 fully saturated rings. The van der Waals surface area contributed by atoms with Crippen LogP contribution < -0.4 is 11.1 Å². The Kier molecular flexibility index (Phi) is 8.01. The molecule has 1 aromatic carbocycles. The van der Waals surface area contributed by atoms with Gasteiger partial charge in [-0.15, -0.1) is 17.0 Å². The molecule has 2 heterocycles. The van der Waals surface area contributed by atoms with E-state index in [2.05, 4.69) is 27.3 Å². The number of nitrogens with zero attached hydrogens (tertiary/aromatic N) is 2. The molecule has 0 radical (unpaired) electrons. The van der Waals surface area contributed by atoms with Crippen LogP contribution in [0, 0.1) is 0 Å². The maximum absolute atomic E-state index is 6.04. The number of nitrogens with one attached hydrogen (secondary N) is 1. The fourth-order valence-electron chi connectivity index (χ4n) is 3.14. The van der Waals surface area contributed by atoms with Gasteiger partial charge in [-0.1, -0.05) is 36.8 Å². The van der Waals surface area contributed by atoms with Crippen molar-refractivity contribution >= 4 is 22.9 Å². The summed E-state index contributed by atoms with van der Waals surface area (Å²) in [6.45, 7) is 3.51. The van der Waals surface area contributed by atoms with Crippen LogP contribution in [-0.2, 0) is 6.54 Å². The second kappa shape index (κ2) is 10.3. The normalized spacial score (nSPS) is 16.9. The van der Waals surface area contributed by atoms with Gasteiger partial charge in [-0.05, 0) is 43.6 Å². The first-order valence-corrected chi connectivity index (χ1v) is 8.68. The molecule has 0 amide bonds. The molecule has 6 heteroatoms. The minimum absolute atomic E-state index is 0. The molecule has 3 N–H and O–H groups in total. The standard InChI is InChI=1S/C19H26N4O.BrH/c20-19(21-14-16-8-3-1-4-9-16)22-15-17(18-10-7-13-24-18)23-11-5-2-6-12-23;/h1,3-4,7-10,13,17H,2,5-6,11-12,14-15H2,(H3,20,21,22);1H. The van der Waals surface area contributed by atoms with Gasteiger partial charge in [0.25, 0.3) is 0 Å². The first-order chi connectivity index (χ1) is 11.8. The number of rotatable bonds is 6. The van der Waals surface area contributed by atoms with Crippen LogP contribution in [0.25, 0.3) is 0 Å². The molecule has 1 saturated heterocycles. The highest BCUT2D eigenvalue weighted by atomic mass is 79.9. The number of hydrogen-bond acceptors (Lipinski definition) is 3. The molecule has 136 valence electrons. The molecule has 0 saturated carbocycles. The smallest absolute Gasteiger partial charge is 0.188 e. The number of halogens is 1. The first kappa shape index (κ1) is 19.5. The minimum atomic E-state index is 0. The van der Waals surface area contributed by atoms with Gasteiger partial charge in [-0.25, -0.2) is 4.99 Å². The highest BCUT2D eigenvalue weighted by molar-refractivity contribution is 8.93. The second-order valence-electron chi connectivity index (χ2n) is 6.20. The summed E-state index contributed by atoms with van der Waals surface area (Å²) in [5.41, 5.74) is 7.20. The Labute approximate surface area is 160 Å². The number of guanidine groups is 1. The summed E-state index contributed by atoms with van der Waals surface area (Å²) >= 11 is 0. The Morgan fingerprint density at radius 2 is 1.88 bits per heavy atom. The molecule has 1 aliphatic rings. The topological polar surface area (TPSA) is 66.8 Å². The monoisotopic (exact) mass is 406 g/mol. The number of benzene rings is 1. The summed E-state index contributed by atoms with van der Waals surface area (Å²) in [6.07, 6.45) is 5.54. The molecule has 1 atom stereocenters. The fourth-order valence-corrected chi connectivity index (χ4v) is 3.14. The lowest BCUT2D eigenvalue weighted by Crippen LogP contribution is -2.42. The molecule has 25 heavy (non-hydrogen) atoms. The Morgan fingerprint density at radius 1 is 1.12 bits per heavy atom. The Balaban J connectivity index is 0.00000225. The van der Waals surface area contributed by atoms with Crippen molar-refractivity contribution < 1.29 is 4.42 Å². The van der Waals surface area contributed by atoms with Gasteiger partial charge in [0.2, 0.25) is 0 Å². The predicted octanol–water partition coefficient (Wildman–Crippen LogP) is 3.49. The third kappa shape index (κ3) is 5.90. The zero-order chi connectivity index (χ0) is 16.6. The van der Waals surface area contributed by atoms with Gasteiger partial charge >= 0.3 is 0 Å². The van der Waals surface area contributed by atoms with E-state index in [1.807, 2.05) is 30.3 Å². The average Bonchev–Trinajstić information content (AvgIpc) is 3.16. The van der Waals surface area contributed by atoms with Crippen LogP contribution in [0.4, 0.5) is 0 Å². The van der Waals surface area contributed by atoms with E-state index in [9.17, 15) is 0 Å². The van der Waals surface area contributed by atoms with E-state index in [0.29, 0.717) is 19.0 Å². The van der Waals surface area contributed by atoms with Crippen molar-refractivity contribution in [3.8, 4) is 0 Å². The Morgan fingerprint density at radius 3 is 2.56 bits per heavy atom. The molecule has 5 nitrogen and oxygen atoms in total. The van der Waals surface area contributed by atoms with E-state index in [0.717, 1.165) is 24.4 Å². The molecular weight excluding hydrogens is 380 g/mol. The van der Waals surface area contributed by atoms with Crippen LogP contribution in [0.15, 0.2) is 58.1 Å². The fraction of sp³-hybridized carbons (Fsp3) is 0.421. The van der Waals surface area contributed by atoms with Crippen molar-refractivity contribution in [3.63, 3.8) is 0 Å². The summed E-state index contributed by atoms with van der Waals surface area (Å²) in [6, 6.07) is 14.3. The molecular formula is C19H27BrN4O. The molecule has 3 rings (SSSR count). The molecule has 0 bridgehead atoms. The Bertz CT molecular complexity index is 624. The van der Waals surface area contributed by atoms with Gasteiger partial charge in [-0.2, -0.15) is 0 Å². The van der Waals surface area contributed by atoms with Crippen molar-refractivity contribution in [3.05, 3.63) is 60.1 Å². The molecule has 0 aliphatic carbocycles. The van der Waals surface area contributed by atoms with Crippen molar-refractivity contribution in [2.75, 3.05) is 19.6 Å². The molecule has 1 aromatic heterocycles. The van der Waals surface area contributed by atoms with Gasteiger partial charge in [0, 0.05) is 6.54 Å². The van der Waals surface area contributed by atoms with E-state index < -0.39 is 0 Å². The zero-order valence-electron chi connectivity index (χ0n) is 14.4. The van der Waals surface area contributed by atoms with Crippen molar-refractivity contribution in [2.24, 2.45) is 10.7 Å². The van der Waals surface area contributed by atoms with E-state index in [1.54, 1.807) is 6.26 Å². The lowest BCUT2D eigenvalue weighted by molar-refractivity contribution is 0.146. The summed E-state index contributed by atoms with van der Waals surface area (Å²) in [5.74, 6) is 1.47. The lowest BCUT2D eigenvalue weighted by Gasteiger charge is -2.33. The van der Waals surface area contributed by atoms with Crippen LogP contribution in [0.5, 0.6) is 0 Å². The largest absolute Gasteiger partial charge is 0.468 e. The summed E-state index contributed by atoms with van der Waals surface area (Å²) in [7, 11) is 0. The van der Waals surface area contributed by atoms with Gasteiger partial charge in [0.15, 0.2) is 5.96 Å². The van der Waals surface area contributed by atoms with Gasteiger partial charge in [0.05, 0.1) is 18.8 Å². The van der Waals surface area contributed by atoms with Crippen LogP contribution in [0.1, 0.15) is 36.6 Å². The number of nitrogens with two attached hydrogens (primary N) is 1. The first-order valence-electron chi connectivity index (χ1n) is 8.68. The van der Waals surface area contributed by atoms with E-state index in [1.165, 1.54) is 19.3 Å². The molecule has 2 aromatic rings. The molecule has 1 unspecified atom stereocenters. The maximum atomic E-state index is 6.04.